The molecule has 2 aromatic heterocycles. The van der Waals surface area contributed by atoms with Crippen molar-refractivity contribution in [3.8, 4) is 5.75 Å². The normalized spacial score (nSPS) is 16.8. The zero-order valence-electron chi connectivity index (χ0n) is 20.1. The molecule has 2 fully saturated rings. The number of para-hydroxylation sites is 1. The molecule has 4 heterocycles. The van der Waals surface area contributed by atoms with Crippen molar-refractivity contribution in [1.29, 1.82) is 0 Å². The molecule has 6 heteroatoms. The zero-order valence-corrected chi connectivity index (χ0v) is 20.1. The van der Waals surface area contributed by atoms with Crippen molar-refractivity contribution in [2.75, 3.05) is 39.8 Å². The van der Waals surface area contributed by atoms with Gasteiger partial charge in [-0.15, -0.1) is 0 Å². The number of piperidine rings is 1. The van der Waals surface area contributed by atoms with Crippen LogP contribution in [0, 0.1) is 0 Å². The first-order valence-electron chi connectivity index (χ1n) is 12.4. The molecule has 0 radical (unpaired) electrons. The lowest BCUT2D eigenvalue weighted by atomic mass is 9.89. The number of fused-ring (bicyclic) bond motifs is 2. The van der Waals surface area contributed by atoms with Crippen molar-refractivity contribution < 1.29 is 9.53 Å². The van der Waals surface area contributed by atoms with Crippen LogP contribution < -0.4 is 4.74 Å². The monoisotopic (exact) mass is 458 g/mol. The third kappa shape index (κ3) is 4.55. The molecule has 2 N–H and O–H groups in total. The molecule has 178 valence electrons. The smallest absolute Gasteiger partial charge is 0.270 e. The predicted molar refractivity (Wildman–Crippen MR) is 138 cm³/mol. The van der Waals surface area contributed by atoms with Crippen LogP contribution in [-0.2, 0) is 0 Å². The van der Waals surface area contributed by atoms with Crippen LogP contribution in [0.3, 0.4) is 0 Å². The van der Waals surface area contributed by atoms with Crippen molar-refractivity contribution in [3.05, 3.63) is 66.0 Å². The summed E-state index contributed by atoms with van der Waals surface area (Å²) in [5.41, 5.74) is 4.40. The zero-order chi connectivity index (χ0) is 23.5. The molecule has 0 aliphatic carbocycles. The van der Waals surface area contributed by atoms with Gasteiger partial charge in [0.05, 0.1) is 7.11 Å². The Bertz CT molecular complexity index is 1260. The second kappa shape index (κ2) is 9.94. The Morgan fingerprint density at radius 3 is 2.53 bits per heavy atom. The minimum Gasteiger partial charge on any atom is -0.497 e. The van der Waals surface area contributed by atoms with E-state index in [-0.39, 0.29) is 5.91 Å². The van der Waals surface area contributed by atoms with E-state index in [2.05, 4.69) is 52.3 Å². The van der Waals surface area contributed by atoms with Gasteiger partial charge in [0.1, 0.15) is 11.4 Å². The van der Waals surface area contributed by atoms with Gasteiger partial charge in [-0.3, -0.25) is 4.79 Å². The van der Waals surface area contributed by atoms with E-state index < -0.39 is 0 Å². The van der Waals surface area contributed by atoms with Gasteiger partial charge >= 0.3 is 0 Å². The maximum Gasteiger partial charge on any atom is 0.270 e. The summed E-state index contributed by atoms with van der Waals surface area (Å²) < 4.78 is 5.16. The Hall–Kier alpha value is -3.25. The highest BCUT2D eigenvalue weighted by atomic mass is 16.5. The third-order valence-corrected chi connectivity index (χ3v) is 7.30. The SMILES string of the molecule is CCN1CCC(c2c[nH]c3ccccc23)CC1.COc1ccc2cc(C(=O)N3CCC3)[nH]c2c1. The molecule has 6 rings (SSSR count). The fourth-order valence-corrected chi connectivity index (χ4v) is 5.03. The molecule has 4 aromatic rings. The molecular weight excluding hydrogens is 424 g/mol. The van der Waals surface area contributed by atoms with Gasteiger partial charge in [0.25, 0.3) is 5.91 Å². The molecule has 0 saturated carbocycles. The average Bonchev–Trinajstić information content (AvgIpc) is 3.47. The van der Waals surface area contributed by atoms with E-state index in [0.717, 1.165) is 42.1 Å². The van der Waals surface area contributed by atoms with Gasteiger partial charge < -0.3 is 24.5 Å². The number of methoxy groups -OCH3 is 1. The number of hydrogen-bond donors (Lipinski definition) is 2. The van der Waals surface area contributed by atoms with E-state index in [0.29, 0.717) is 5.69 Å². The van der Waals surface area contributed by atoms with Crippen molar-refractivity contribution in [2.45, 2.75) is 32.1 Å². The summed E-state index contributed by atoms with van der Waals surface area (Å²) in [4.78, 5) is 23.0. The van der Waals surface area contributed by atoms with E-state index in [4.69, 9.17) is 4.74 Å². The molecule has 2 aliphatic heterocycles. The highest BCUT2D eigenvalue weighted by molar-refractivity contribution is 5.98. The van der Waals surface area contributed by atoms with Crippen LogP contribution >= 0.6 is 0 Å². The number of ether oxygens (including phenoxy) is 1. The molecule has 2 saturated heterocycles. The first kappa shape index (κ1) is 22.5. The maximum absolute atomic E-state index is 12.0. The van der Waals surface area contributed by atoms with Gasteiger partial charge in [0.15, 0.2) is 0 Å². The summed E-state index contributed by atoms with van der Waals surface area (Å²) >= 11 is 0. The molecular formula is C28H34N4O2. The van der Waals surface area contributed by atoms with Gasteiger partial charge in [-0.05, 0) is 74.6 Å². The van der Waals surface area contributed by atoms with Crippen LogP contribution in [0.4, 0.5) is 0 Å². The summed E-state index contributed by atoms with van der Waals surface area (Å²) in [6, 6.07) is 16.3. The van der Waals surface area contributed by atoms with Crippen molar-refractivity contribution in [3.63, 3.8) is 0 Å². The number of aromatic nitrogens is 2. The fourth-order valence-electron chi connectivity index (χ4n) is 5.03. The van der Waals surface area contributed by atoms with Gasteiger partial charge in [0.2, 0.25) is 0 Å². The number of benzene rings is 2. The number of carbonyl (C=O) groups is 1. The predicted octanol–water partition coefficient (Wildman–Crippen LogP) is 5.39. The van der Waals surface area contributed by atoms with E-state index in [1.807, 2.05) is 29.2 Å². The first-order valence-corrected chi connectivity index (χ1v) is 12.4. The largest absolute Gasteiger partial charge is 0.497 e. The van der Waals surface area contributed by atoms with Crippen LogP contribution in [0.1, 0.15) is 48.2 Å². The number of rotatable bonds is 4. The Labute approximate surface area is 200 Å². The van der Waals surface area contributed by atoms with E-state index in [1.54, 1.807) is 7.11 Å². The number of nitrogens with zero attached hydrogens (tertiary/aromatic N) is 2. The summed E-state index contributed by atoms with van der Waals surface area (Å²) in [6.07, 6.45) is 5.93. The standard InChI is InChI=1S/C15H20N2.C13H14N2O2/c1-2-17-9-7-12(8-10-17)14-11-16-15-6-4-3-5-13(14)15;1-17-10-4-3-9-7-12(14-11(9)8-10)13(16)15-5-2-6-15/h3-6,11-12,16H,2,7-10H2,1H3;3-4,7-8,14H,2,5-6H2,1H3. The van der Waals surface area contributed by atoms with E-state index in [1.165, 1.54) is 48.9 Å². The Kier molecular flexibility index (Phi) is 6.59. The summed E-state index contributed by atoms with van der Waals surface area (Å²) in [5.74, 6) is 1.63. The lowest BCUT2D eigenvalue weighted by Crippen LogP contribution is -2.42. The number of likely N-dealkylation sites (tertiary alicyclic amines) is 2. The van der Waals surface area contributed by atoms with Crippen LogP contribution in [0.5, 0.6) is 5.75 Å². The molecule has 0 bridgehead atoms. The van der Waals surface area contributed by atoms with Gasteiger partial charge in [-0.2, -0.15) is 0 Å². The highest BCUT2D eigenvalue weighted by Crippen LogP contribution is 2.32. The van der Waals surface area contributed by atoms with Crippen LogP contribution in [-0.4, -0.2) is 65.5 Å². The van der Waals surface area contributed by atoms with Crippen molar-refractivity contribution >= 4 is 27.7 Å². The lowest BCUT2D eigenvalue weighted by molar-refractivity contribution is 0.0646. The number of carbonyl (C=O) groups excluding carboxylic acids is 1. The summed E-state index contributed by atoms with van der Waals surface area (Å²) in [5, 5.41) is 2.46. The van der Waals surface area contributed by atoms with Gasteiger partial charge in [0, 0.05) is 47.2 Å². The maximum atomic E-state index is 12.0. The Balaban J connectivity index is 0.000000142. The van der Waals surface area contributed by atoms with Crippen LogP contribution in [0.25, 0.3) is 21.8 Å². The third-order valence-electron chi connectivity index (χ3n) is 7.30. The Morgan fingerprint density at radius 1 is 1.03 bits per heavy atom. The Morgan fingerprint density at radius 2 is 1.82 bits per heavy atom. The second-order valence-electron chi connectivity index (χ2n) is 9.28. The molecule has 34 heavy (non-hydrogen) atoms. The van der Waals surface area contributed by atoms with Gasteiger partial charge in [-0.1, -0.05) is 25.1 Å². The fraction of sp³-hybridized carbons (Fsp3) is 0.393. The van der Waals surface area contributed by atoms with Crippen LogP contribution in [0.15, 0.2) is 54.7 Å². The summed E-state index contributed by atoms with van der Waals surface area (Å²) in [6.45, 7) is 7.70. The molecule has 0 spiro atoms. The lowest BCUT2D eigenvalue weighted by Gasteiger charge is -2.30. The molecule has 0 unspecified atom stereocenters. The second-order valence-corrected chi connectivity index (χ2v) is 9.28. The number of H-pyrrole nitrogens is 2. The van der Waals surface area contributed by atoms with Gasteiger partial charge in [-0.25, -0.2) is 0 Å². The number of hydrogen-bond acceptors (Lipinski definition) is 3. The molecule has 2 aliphatic rings. The molecule has 2 aromatic carbocycles. The molecule has 6 nitrogen and oxygen atoms in total. The molecule has 0 atom stereocenters. The highest BCUT2D eigenvalue weighted by Gasteiger charge is 2.23. The molecule has 1 amide bonds. The van der Waals surface area contributed by atoms with Crippen molar-refractivity contribution in [2.24, 2.45) is 0 Å². The average molecular weight is 459 g/mol. The van der Waals surface area contributed by atoms with E-state index in [9.17, 15) is 4.79 Å². The van der Waals surface area contributed by atoms with Crippen LogP contribution in [0.2, 0.25) is 0 Å². The minimum absolute atomic E-state index is 0.0893. The minimum atomic E-state index is 0.0893. The number of nitrogens with one attached hydrogen (secondary N) is 2. The quantitative estimate of drug-likeness (QED) is 0.431. The van der Waals surface area contributed by atoms with E-state index >= 15 is 0 Å². The first-order chi connectivity index (χ1) is 16.7. The topological polar surface area (TPSA) is 64.4 Å². The number of amides is 1. The van der Waals surface area contributed by atoms with Crippen molar-refractivity contribution in [1.82, 2.24) is 19.8 Å². The summed E-state index contributed by atoms with van der Waals surface area (Å²) in [7, 11) is 1.64. The number of aromatic amines is 2.